The SMILES string of the molecule is Cn1c(=O)c(-c2[nH][nH]c(=O)c2C=C2C=Nc3ccccc32)c(O)c2ccccc21. The van der Waals surface area contributed by atoms with Gasteiger partial charge in [-0.1, -0.05) is 30.3 Å². The first-order chi connectivity index (χ1) is 14.1. The van der Waals surface area contributed by atoms with Gasteiger partial charge in [0.2, 0.25) is 0 Å². The molecular formula is C22H16N4O3. The largest absolute Gasteiger partial charge is 0.506 e. The highest BCUT2D eigenvalue weighted by atomic mass is 16.3. The molecule has 2 aromatic carbocycles. The number of aromatic hydroxyl groups is 1. The summed E-state index contributed by atoms with van der Waals surface area (Å²) in [5.74, 6) is -0.168. The molecular weight excluding hydrogens is 368 g/mol. The number of pyridine rings is 1. The van der Waals surface area contributed by atoms with Crippen LogP contribution in [0.15, 0.2) is 63.1 Å². The predicted molar refractivity (Wildman–Crippen MR) is 114 cm³/mol. The van der Waals surface area contributed by atoms with Crippen LogP contribution in [0.4, 0.5) is 5.69 Å². The molecule has 0 bridgehead atoms. The van der Waals surface area contributed by atoms with Crippen molar-refractivity contribution in [1.82, 2.24) is 14.8 Å². The summed E-state index contributed by atoms with van der Waals surface area (Å²) in [6, 6.07) is 14.7. The standard InChI is InChI=1S/C22H16N4O3/c1-26-17-9-5-3-7-14(17)20(27)18(22(26)29)19-15(21(28)25-24-19)10-12-11-23-16-8-4-2-6-13(12)16/h2-11,27H,1H3,(H2,24,25,28). The van der Waals surface area contributed by atoms with Gasteiger partial charge in [0.25, 0.3) is 11.1 Å². The van der Waals surface area contributed by atoms with E-state index in [1.54, 1.807) is 43.6 Å². The van der Waals surface area contributed by atoms with Gasteiger partial charge < -0.3 is 9.67 Å². The number of allylic oxidation sites excluding steroid dienone is 1. The summed E-state index contributed by atoms with van der Waals surface area (Å²) in [5.41, 5.74) is 2.81. The zero-order valence-electron chi connectivity index (χ0n) is 15.4. The number of fused-ring (bicyclic) bond motifs is 2. The van der Waals surface area contributed by atoms with Gasteiger partial charge in [-0.15, -0.1) is 0 Å². The molecule has 0 saturated carbocycles. The third kappa shape index (κ3) is 2.48. The van der Waals surface area contributed by atoms with Crippen LogP contribution in [-0.4, -0.2) is 26.1 Å². The van der Waals surface area contributed by atoms with Crippen molar-refractivity contribution in [3.05, 3.63) is 80.4 Å². The molecule has 0 saturated heterocycles. The van der Waals surface area contributed by atoms with Crippen molar-refractivity contribution in [1.29, 1.82) is 0 Å². The quantitative estimate of drug-likeness (QED) is 0.494. The van der Waals surface area contributed by atoms with Gasteiger partial charge in [0.1, 0.15) is 11.3 Å². The summed E-state index contributed by atoms with van der Waals surface area (Å²) in [4.78, 5) is 29.9. The average Bonchev–Trinajstić information content (AvgIpc) is 3.31. The summed E-state index contributed by atoms with van der Waals surface area (Å²) in [6.45, 7) is 0. The highest BCUT2D eigenvalue weighted by molar-refractivity contribution is 6.21. The molecule has 2 aromatic heterocycles. The van der Waals surface area contributed by atoms with Gasteiger partial charge in [-0.2, -0.15) is 0 Å². The molecule has 1 aliphatic rings. The summed E-state index contributed by atoms with van der Waals surface area (Å²) < 4.78 is 1.46. The predicted octanol–water partition coefficient (Wildman–Crippen LogP) is 3.18. The molecule has 0 amide bonds. The van der Waals surface area contributed by atoms with Crippen LogP contribution in [-0.2, 0) is 7.05 Å². The minimum Gasteiger partial charge on any atom is -0.506 e. The number of nitrogens with zero attached hydrogens (tertiary/aromatic N) is 2. The van der Waals surface area contributed by atoms with Crippen molar-refractivity contribution in [3.63, 3.8) is 0 Å². The van der Waals surface area contributed by atoms with Gasteiger partial charge in [-0.25, -0.2) is 0 Å². The van der Waals surface area contributed by atoms with Crippen LogP contribution in [0.1, 0.15) is 11.1 Å². The zero-order valence-corrected chi connectivity index (χ0v) is 15.4. The van der Waals surface area contributed by atoms with E-state index < -0.39 is 5.56 Å². The number of H-pyrrole nitrogens is 2. The second-order valence-electron chi connectivity index (χ2n) is 6.85. The maximum atomic E-state index is 13.0. The number of hydrogen-bond acceptors (Lipinski definition) is 4. The Balaban J connectivity index is 1.78. The molecule has 0 unspecified atom stereocenters. The maximum Gasteiger partial charge on any atom is 0.271 e. The summed E-state index contributed by atoms with van der Waals surface area (Å²) in [5, 5.41) is 16.7. The van der Waals surface area contributed by atoms with E-state index >= 15 is 0 Å². The van der Waals surface area contributed by atoms with Crippen LogP contribution < -0.4 is 11.1 Å². The lowest BCUT2D eigenvalue weighted by Gasteiger charge is -2.11. The zero-order chi connectivity index (χ0) is 20.1. The Morgan fingerprint density at radius 3 is 2.66 bits per heavy atom. The van der Waals surface area contributed by atoms with Gasteiger partial charge in [-0.05, 0) is 24.3 Å². The number of rotatable bonds is 2. The molecule has 29 heavy (non-hydrogen) atoms. The third-order valence-electron chi connectivity index (χ3n) is 5.20. The van der Waals surface area contributed by atoms with E-state index in [4.69, 9.17) is 0 Å². The second-order valence-corrected chi connectivity index (χ2v) is 6.85. The van der Waals surface area contributed by atoms with Gasteiger partial charge in [-0.3, -0.25) is 24.8 Å². The van der Waals surface area contributed by atoms with Gasteiger partial charge in [0, 0.05) is 29.8 Å². The summed E-state index contributed by atoms with van der Waals surface area (Å²) in [7, 11) is 1.64. The topological polar surface area (TPSA) is 103 Å². The normalized spacial score (nSPS) is 14.0. The number of para-hydroxylation sites is 2. The van der Waals surface area contributed by atoms with E-state index in [1.807, 2.05) is 24.3 Å². The van der Waals surface area contributed by atoms with E-state index in [0.717, 1.165) is 16.8 Å². The van der Waals surface area contributed by atoms with Gasteiger partial charge in [0.05, 0.1) is 22.5 Å². The highest BCUT2D eigenvalue weighted by Gasteiger charge is 2.22. The summed E-state index contributed by atoms with van der Waals surface area (Å²) >= 11 is 0. The Morgan fingerprint density at radius 2 is 1.79 bits per heavy atom. The van der Waals surface area contributed by atoms with Crippen molar-refractivity contribution in [2.75, 3.05) is 0 Å². The fraction of sp³-hybridized carbons (Fsp3) is 0.0455. The minimum atomic E-state index is -0.406. The van der Waals surface area contributed by atoms with Crippen molar-refractivity contribution >= 4 is 34.5 Å². The molecule has 0 radical (unpaired) electrons. The van der Waals surface area contributed by atoms with E-state index in [9.17, 15) is 14.7 Å². The van der Waals surface area contributed by atoms with Crippen molar-refractivity contribution in [2.45, 2.75) is 0 Å². The number of aliphatic imine (C=N–C) groups is 1. The highest BCUT2D eigenvalue weighted by Crippen LogP contribution is 2.35. The average molecular weight is 384 g/mol. The molecule has 3 N–H and O–H groups in total. The fourth-order valence-corrected chi connectivity index (χ4v) is 3.72. The molecule has 7 heteroatoms. The fourth-order valence-electron chi connectivity index (χ4n) is 3.72. The number of benzene rings is 2. The molecule has 0 atom stereocenters. The monoisotopic (exact) mass is 384 g/mol. The minimum absolute atomic E-state index is 0.0413. The Kier molecular flexibility index (Phi) is 3.64. The molecule has 7 nitrogen and oxygen atoms in total. The maximum absolute atomic E-state index is 13.0. The van der Waals surface area contributed by atoms with Crippen molar-refractivity contribution in [3.8, 4) is 17.0 Å². The Labute approximate surface area is 164 Å². The molecule has 0 spiro atoms. The van der Waals surface area contributed by atoms with Crippen LogP contribution in [0.5, 0.6) is 5.75 Å². The number of aromatic nitrogens is 3. The van der Waals surface area contributed by atoms with Crippen molar-refractivity contribution < 1.29 is 5.11 Å². The Morgan fingerprint density at radius 1 is 1.03 bits per heavy atom. The molecule has 142 valence electrons. The molecule has 5 rings (SSSR count). The molecule has 3 heterocycles. The van der Waals surface area contributed by atoms with Crippen molar-refractivity contribution in [2.24, 2.45) is 12.0 Å². The first kappa shape index (κ1) is 17.0. The summed E-state index contributed by atoms with van der Waals surface area (Å²) in [6.07, 6.45) is 3.35. The first-order valence-corrected chi connectivity index (χ1v) is 9.03. The number of hydrogen-bond donors (Lipinski definition) is 3. The van der Waals surface area contributed by atoms with Gasteiger partial charge in [0.15, 0.2) is 0 Å². The number of nitrogens with one attached hydrogen (secondary N) is 2. The lowest BCUT2D eigenvalue weighted by Crippen LogP contribution is -2.19. The van der Waals surface area contributed by atoms with Gasteiger partial charge >= 0.3 is 0 Å². The van der Waals surface area contributed by atoms with E-state index in [-0.39, 0.29) is 28.1 Å². The lowest BCUT2D eigenvalue weighted by molar-refractivity contribution is 0.481. The molecule has 0 aliphatic carbocycles. The lowest BCUT2D eigenvalue weighted by atomic mass is 10.0. The molecule has 4 aromatic rings. The van der Waals surface area contributed by atoms with E-state index in [2.05, 4.69) is 15.2 Å². The van der Waals surface area contributed by atoms with Crippen LogP contribution >= 0.6 is 0 Å². The smallest absolute Gasteiger partial charge is 0.271 e. The molecule has 0 fully saturated rings. The number of aryl methyl sites for hydroxylation is 1. The molecule has 1 aliphatic heterocycles. The second kappa shape index (κ2) is 6.20. The van der Waals surface area contributed by atoms with Crippen LogP contribution in [0, 0.1) is 0 Å². The van der Waals surface area contributed by atoms with Crippen LogP contribution in [0.2, 0.25) is 0 Å². The van der Waals surface area contributed by atoms with Crippen LogP contribution in [0.25, 0.3) is 33.8 Å². The van der Waals surface area contributed by atoms with E-state index in [0.29, 0.717) is 10.9 Å². The Hall–Kier alpha value is -4.13. The number of aromatic amines is 2. The third-order valence-corrected chi connectivity index (χ3v) is 5.20. The van der Waals surface area contributed by atoms with Crippen LogP contribution in [0.3, 0.4) is 0 Å². The first-order valence-electron chi connectivity index (χ1n) is 9.03. The Bertz CT molecular complexity index is 1470. The van der Waals surface area contributed by atoms with E-state index in [1.165, 1.54) is 4.57 Å².